The number of anilines is 2. The monoisotopic (exact) mass is 312 g/mol. The lowest BCUT2D eigenvalue weighted by Gasteiger charge is -2.48. The first kappa shape index (κ1) is 14.3. The van der Waals surface area contributed by atoms with Gasteiger partial charge in [-0.05, 0) is 25.0 Å². The highest BCUT2D eigenvalue weighted by molar-refractivity contribution is 5.39. The number of nitrogens with zero attached hydrogens (tertiary/aromatic N) is 6. The molecule has 2 aliphatic rings. The van der Waals surface area contributed by atoms with Crippen molar-refractivity contribution >= 4 is 11.8 Å². The van der Waals surface area contributed by atoms with E-state index in [1.165, 1.54) is 0 Å². The van der Waals surface area contributed by atoms with Gasteiger partial charge in [0.15, 0.2) is 0 Å². The molecule has 1 atom stereocenters. The number of rotatable bonds is 2. The molecule has 1 spiro atoms. The Morgan fingerprint density at radius 1 is 1.00 bits per heavy atom. The Morgan fingerprint density at radius 3 is 2.70 bits per heavy atom. The molecule has 0 bridgehead atoms. The Bertz CT molecular complexity index is 580. The molecule has 2 aromatic rings. The van der Waals surface area contributed by atoms with Crippen LogP contribution in [-0.2, 0) is 4.74 Å². The van der Waals surface area contributed by atoms with Gasteiger partial charge in [-0.1, -0.05) is 0 Å². The van der Waals surface area contributed by atoms with Crippen LogP contribution in [0.15, 0.2) is 37.1 Å². The molecular weight excluding hydrogens is 292 g/mol. The highest BCUT2D eigenvalue weighted by atomic mass is 16.5. The lowest BCUT2D eigenvalue weighted by Crippen LogP contribution is -2.60. The molecule has 4 heterocycles. The fourth-order valence-corrected chi connectivity index (χ4v) is 3.48. The number of aromatic nitrogens is 4. The van der Waals surface area contributed by atoms with Crippen molar-refractivity contribution in [3.05, 3.63) is 37.1 Å². The van der Waals surface area contributed by atoms with E-state index in [4.69, 9.17) is 4.74 Å². The van der Waals surface area contributed by atoms with Crippen molar-refractivity contribution in [3.8, 4) is 0 Å². The molecule has 0 N–H and O–H groups in total. The third-order valence-electron chi connectivity index (χ3n) is 4.51. The van der Waals surface area contributed by atoms with Crippen LogP contribution >= 0.6 is 0 Å². The Labute approximate surface area is 135 Å². The Kier molecular flexibility index (Phi) is 3.78. The summed E-state index contributed by atoms with van der Waals surface area (Å²) in [6.45, 7) is 4.21. The van der Waals surface area contributed by atoms with Gasteiger partial charge in [-0.2, -0.15) is 0 Å². The number of hydrogen-bond donors (Lipinski definition) is 0. The third-order valence-corrected chi connectivity index (χ3v) is 4.51. The molecule has 0 aromatic carbocycles. The molecule has 1 unspecified atom stereocenters. The minimum Gasteiger partial charge on any atom is -0.369 e. The summed E-state index contributed by atoms with van der Waals surface area (Å²) in [6, 6.07) is 3.80. The fraction of sp³-hybridized carbons (Fsp3) is 0.500. The van der Waals surface area contributed by atoms with Gasteiger partial charge in [0.2, 0.25) is 5.95 Å². The van der Waals surface area contributed by atoms with E-state index in [0.29, 0.717) is 6.61 Å². The second-order valence-corrected chi connectivity index (χ2v) is 6.09. The quantitative estimate of drug-likeness (QED) is 0.824. The maximum absolute atomic E-state index is 6.23. The van der Waals surface area contributed by atoms with Crippen molar-refractivity contribution in [1.29, 1.82) is 0 Å². The number of piperidine rings is 1. The predicted octanol–water partition coefficient (Wildman–Crippen LogP) is 1.14. The van der Waals surface area contributed by atoms with Crippen LogP contribution in [0.3, 0.4) is 0 Å². The minimum atomic E-state index is -0.180. The highest BCUT2D eigenvalue weighted by Crippen LogP contribution is 2.31. The normalized spacial score (nSPS) is 24.9. The maximum atomic E-state index is 6.23. The topological polar surface area (TPSA) is 67.3 Å². The van der Waals surface area contributed by atoms with Gasteiger partial charge in [-0.15, -0.1) is 0 Å². The maximum Gasteiger partial charge on any atom is 0.225 e. The van der Waals surface area contributed by atoms with Crippen LogP contribution in [0.4, 0.5) is 11.8 Å². The zero-order chi connectivity index (χ0) is 15.5. The Hall–Kier alpha value is -2.28. The number of morpholine rings is 1. The van der Waals surface area contributed by atoms with E-state index >= 15 is 0 Å². The standard InChI is InChI=1S/C16H20N6O/c1-4-16(12-22(8-1)15-18-5-2-6-19-15)11-21(9-10-23-16)14-3-7-17-13-20-14/h2-3,5-7,13H,1,4,8-12H2. The third kappa shape index (κ3) is 2.96. The first-order valence-electron chi connectivity index (χ1n) is 8.02. The van der Waals surface area contributed by atoms with E-state index < -0.39 is 0 Å². The molecule has 7 heteroatoms. The van der Waals surface area contributed by atoms with E-state index in [-0.39, 0.29) is 5.60 Å². The molecule has 2 aliphatic heterocycles. The summed E-state index contributed by atoms with van der Waals surface area (Å²) in [5, 5.41) is 0. The molecule has 0 saturated carbocycles. The van der Waals surface area contributed by atoms with E-state index in [0.717, 1.165) is 50.8 Å². The predicted molar refractivity (Wildman–Crippen MR) is 86.4 cm³/mol. The minimum absolute atomic E-state index is 0.180. The summed E-state index contributed by atoms with van der Waals surface area (Å²) in [4.78, 5) is 21.7. The van der Waals surface area contributed by atoms with Gasteiger partial charge in [-0.3, -0.25) is 0 Å². The molecule has 0 radical (unpaired) electrons. The van der Waals surface area contributed by atoms with E-state index in [9.17, 15) is 0 Å². The average molecular weight is 312 g/mol. The molecule has 0 aliphatic carbocycles. The molecule has 120 valence electrons. The Balaban J connectivity index is 1.53. The zero-order valence-electron chi connectivity index (χ0n) is 13.0. The van der Waals surface area contributed by atoms with Gasteiger partial charge in [0.05, 0.1) is 19.7 Å². The molecule has 23 heavy (non-hydrogen) atoms. The van der Waals surface area contributed by atoms with Gasteiger partial charge >= 0.3 is 0 Å². The second kappa shape index (κ2) is 6.08. The van der Waals surface area contributed by atoms with Crippen LogP contribution < -0.4 is 9.80 Å². The largest absolute Gasteiger partial charge is 0.369 e. The van der Waals surface area contributed by atoms with Crippen LogP contribution in [0.1, 0.15) is 12.8 Å². The molecule has 0 amide bonds. The summed E-state index contributed by atoms with van der Waals surface area (Å²) in [7, 11) is 0. The van der Waals surface area contributed by atoms with E-state index in [1.807, 2.05) is 12.1 Å². The van der Waals surface area contributed by atoms with Gasteiger partial charge in [0.25, 0.3) is 0 Å². The molecule has 2 aromatic heterocycles. The Morgan fingerprint density at radius 2 is 1.87 bits per heavy atom. The smallest absolute Gasteiger partial charge is 0.225 e. The number of ether oxygens (including phenoxy) is 1. The van der Waals surface area contributed by atoms with Gasteiger partial charge in [0.1, 0.15) is 17.7 Å². The zero-order valence-corrected chi connectivity index (χ0v) is 13.0. The van der Waals surface area contributed by atoms with Crippen molar-refractivity contribution in [1.82, 2.24) is 19.9 Å². The average Bonchev–Trinajstić information content (AvgIpc) is 2.63. The van der Waals surface area contributed by atoms with Crippen LogP contribution in [0.5, 0.6) is 0 Å². The van der Waals surface area contributed by atoms with Gasteiger partial charge in [-0.25, -0.2) is 19.9 Å². The first-order valence-corrected chi connectivity index (χ1v) is 8.02. The molecule has 2 fully saturated rings. The lowest BCUT2D eigenvalue weighted by atomic mass is 9.91. The fourth-order valence-electron chi connectivity index (χ4n) is 3.48. The van der Waals surface area contributed by atoms with Gasteiger partial charge < -0.3 is 14.5 Å². The van der Waals surface area contributed by atoms with Gasteiger partial charge in [0, 0.05) is 31.7 Å². The highest BCUT2D eigenvalue weighted by Gasteiger charge is 2.41. The summed E-state index contributed by atoms with van der Waals surface area (Å²) < 4.78 is 6.23. The van der Waals surface area contributed by atoms with Crippen LogP contribution in [-0.4, -0.2) is 58.3 Å². The summed E-state index contributed by atoms with van der Waals surface area (Å²) in [5.41, 5.74) is -0.180. The van der Waals surface area contributed by atoms with Crippen molar-refractivity contribution in [2.45, 2.75) is 18.4 Å². The van der Waals surface area contributed by atoms with E-state index in [1.54, 1.807) is 24.9 Å². The summed E-state index contributed by atoms with van der Waals surface area (Å²) >= 11 is 0. The van der Waals surface area contributed by atoms with Crippen LogP contribution in [0.25, 0.3) is 0 Å². The summed E-state index contributed by atoms with van der Waals surface area (Å²) in [6.07, 6.45) is 9.10. The second-order valence-electron chi connectivity index (χ2n) is 6.09. The van der Waals surface area contributed by atoms with Crippen molar-refractivity contribution in [2.24, 2.45) is 0 Å². The molecule has 7 nitrogen and oxygen atoms in total. The SMILES string of the molecule is c1cnc(N2CCCC3(CN(c4ccncn4)CCO3)C2)nc1. The van der Waals surface area contributed by atoms with E-state index in [2.05, 4.69) is 29.7 Å². The van der Waals surface area contributed by atoms with Crippen LogP contribution in [0.2, 0.25) is 0 Å². The molecular formula is C16H20N6O. The first-order chi connectivity index (χ1) is 11.3. The van der Waals surface area contributed by atoms with Crippen molar-refractivity contribution in [2.75, 3.05) is 42.6 Å². The number of hydrogen-bond acceptors (Lipinski definition) is 7. The lowest BCUT2D eigenvalue weighted by molar-refractivity contribution is -0.0633. The van der Waals surface area contributed by atoms with Crippen molar-refractivity contribution in [3.63, 3.8) is 0 Å². The van der Waals surface area contributed by atoms with Crippen LogP contribution in [0, 0.1) is 0 Å². The summed E-state index contributed by atoms with van der Waals surface area (Å²) in [5.74, 6) is 1.75. The van der Waals surface area contributed by atoms with Crippen molar-refractivity contribution < 1.29 is 4.74 Å². The molecule has 2 saturated heterocycles. The molecule has 4 rings (SSSR count).